The summed E-state index contributed by atoms with van der Waals surface area (Å²) in [7, 11) is -6.93. The van der Waals surface area contributed by atoms with Crippen molar-refractivity contribution in [1.29, 1.82) is 0 Å². The maximum atomic E-state index is 13.3. The Morgan fingerprint density at radius 2 is 1.70 bits per heavy atom. The first-order valence-corrected chi connectivity index (χ1v) is 13.8. The van der Waals surface area contributed by atoms with E-state index >= 15 is 0 Å². The van der Waals surface area contributed by atoms with E-state index in [-0.39, 0.29) is 36.9 Å². The average Bonchev–Trinajstić information content (AvgIpc) is 3.11. The Bertz CT molecular complexity index is 938. The number of benzene rings is 1. The molecule has 1 aromatic carbocycles. The van der Waals surface area contributed by atoms with Gasteiger partial charge in [0.1, 0.15) is 6.04 Å². The van der Waals surface area contributed by atoms with Gasteiger partial charge in [0.05, 0.1) is 16.8 Å². The quantitative estimate of drug-likeness (QED) is 0.599. The van der Waals surface area contributed by atoms with E-state index in [0.717, 1.165) is 5.56 Å². The molecule has 2 atom stereocenters. The summed E-state index contributed by atoms with van der Waals surface area (Å²) in [5.41, 5.74) is 0.896. The first-order chi connectivity index (χ1) is 14.2. The van der Waals surface area contributed by atoms with Crippen molar-refractivity contribution in [2.75, 3.05) is 50.8 Å². The van der Waals surface area contributed by atoms with Crippen LogP contribution in [0.4, 0.5) is 0 Å². The van der Waals surface area contributed by atoms with E-state index in [1.807, 2.05) is 49.1 Å². The highest BCUT2D eigenvalue weighted by Crippen LogP contribution is 2.27. The Morgan fingerprint density at radius 3 is 2.20 bits per heavy atom. The number of hydrogen-bond donors (Lipinski definition) is 0. The topological polar surface area (TPSA) is 95.1 Å². The molecule has 3 rings (SSSR count). The standard InChI is InChI=1S/C20H31N3O5S2/c1-3-21(4-2)20(24)19(17-8-6-5-7-9-17)22-11-13-23(14-12-22)30(27,28)18-10-15-29(25,26)16-18/h5-9,18-19H,3-4,10-16H2,1-2H3/t18-,19-/m1/s1. The average molecular weight is 458 g/mol. The summed E-state index contributed by atoms with van der Waals surface area (Å²) in [6.07, 6.45) is 0.165. The van der Waals surface area contributed by atoms with Gasteiger partial charge in [0.2, 0.25) is 15.9 Å². The molecule has 0 aromatic heterocycles. The van der Waals surface area contributed by atoms with Crippen LogP contribution in [-0.2, 0) is 24.7 Å². The summed E-state index contributed by atoms with van der Waals surface area (Å²) in [4.78, 5) is 17.1. The molecule has 0 spiro atoms. The van der Waals surface area contributed by atoms with Crippen LogP contribution in [0.3, 0.4) is 0 Å². The third-order valence-corrected chi connectivity index (χ3v) is 10.3. The molecule has 0 saturated carbocycles. The van der Waals surface area contributed by atoms with Crippen molar-refractivity contribution in [3.63, 3.8) is 0 Å². The first-order valence-electron chi connectivity index (χ1n) is 10.5. The summed E-state index contributed by atoms with van der Waals surface area (Å²) in [6.45, 7) is 6.48. The van der Waals surface area contributed by atoms with Crippen molar-refractivity contribution in [2.45, 2.75) is 31.6 Å². The van der Waals surface area contributed by atoms with Gasteiger partial charge in [-0.3, -0.25) is 9.69 Å². The van der Waals surface area contributed by atoms with Crippen LogP contribution in [0, 0.1) is 0 Å². The number of hydrogen-bond acceptors (Lipinski definition) is 6. The van der Waals surface area contributed by atoms with Gasteiger partial charge in [-0.15, -0.1) is 0 Å². The van der Waals surface area contributed by atoms with Crippen LogP contribution >= 0.6 is 0 Å². The maximum absolute atomic E-state index is 13.3. The minimum absolute atomic E-state index is 0.0180. The number of nitrogens with zero attached hydrogens (tertiary/aromatic N) is 3. The van der Waals surface area contributed by atoms with Gasteiger partial charge in [0.25, 0.3) is 0 Å². The van der Waals surface area contributed by atoms with Gasteiger partial charge in [-0.2, -0.15) is 4.31 Å². The second-order valence-electron chi connectivity index (χ2n) is 7.83. The summed E-state index contributed by atoms with van der Waals surface area (Å²) >= 11 is 0. The van der Waals surface area contributed by atoms with Crippen molar-refractivity contribution in [3.8, 4) is 0 Å². The Morgan fingerprint density at radius 1 is 1.10 bits per heavy atom. The Hall–Kier alpha value is -1.49. The van der Waals surface area contributed by atoms with E-state index in [1.54, 1.807) is 4.90 Å². The number of rotatable bonds is 7. The van der Waals surface area contributed by atoms with E-state index in [2.05, 4.69) is 0 Å². The molecule has 0 aliphatic carbocycles. The van der Waals surface area contributed by atoms with Crippen molar-refractivity contribution in [2.24, 2.45) is 0 Å². The smallest absolute Gasteiger partial charge is 0.244 e. The molecule has 30 heavy (non-hydrogen) atoms. The van der Waals surface area contributed by atoms with Crippen LogP contribution in [0.25, 0.3) is 0 Å². The highest BCUT2D eigenvalue weighted by molar-refractivity contribution is 7.95. The number of amides is 1. The van der Waals surface area contributed by atoms with Gasteiger partial charge in [-0.1, -0.05) is 30.3 Å². The maximum Gasteiger partial charge on any atom is 0.244 e. The van der Waals surface area contributed by atoms with E-state index < -0.39 is 31.2 Å². The van der Waals surface area contributed by atoms with Crippen molar-refractivity contribution in [1.82, 2.24) is 14.1 Å². The summed E-state index contributed by atoms with van der Waals surface area (Å²) in [5, 5.41) is -0.851. The minimum atomic E-state index is -3.66. The van der Waals surface area contributed by atoms with Gasteiger partial charge >= 0.3 is 0 Å². The number of piperazine rings is 1. The molecule has 2 aliphatic rings. The largest absolute Gasteiger partial charge is 0.342 e. The van der Waals surface area contributed by atoms with E-state index in [0.29, 0.717) is 26.2 Å². The predicted octanol–water partition coefficient (Wildman–Crippen LogP) is 0.731. The number of sulfone groups is 1. The van der Waals surface area contributed by atoms with E-state index in [4.69, 9.17) is 0 Å². The molecule has 2 fully saturated rings. The molecule has 2 saturated heterocycles. The second kappa shape index (κ2) is 9.33. The zero-order chi connectivity index (χ0) is 21.9. The van der Waals surface area contributed by atoms with Crippen LogP contribution in [0.15, 0.2) is 30.3 Å². The van der Waals surface area contributed by atoms with Gasteiger partial charge in [0, 0.05) is 39.3 Å². The zero-order valence-corrected chi connectivity index (χ0v) is 19.2. The van der Waals surface area contributed by atoms with E-state index in [1.165, 1.54) is 4.31 Å². The lowest BCUT2D eigenvalue weighted by atomic mass is 10.0. The molecule has 10 heteroatoms. The molecule has 0 radical (unpaired) electrons. The van der Waals surface area contributed by atoms with Gasteiger partial charge in [0.15, 0.2) is 9.84 Å². The van der Waals surface area contributed by atoms with Crippen molar-refractivity contribution in [3.05, 3.63) is 35.9 Å². The monoisotopic (exact) mass is 457 g/mol. The van der Waals surface area contributed by atoms with Crippen molar-refractivity contribution >= 4 is 25.8 Å². The molecule has 0 bridgehead atoms. The van der Waals surface area contributed by atoms with Crippen LogP contribution in [0.5, 0.6) is 0 Å². The number of carbonyl (C=O) groups excluding carboxylic acids is 1. The van der Waals surface area contributed by atoms with Crippen molar-refractivity contribution < 1.29 is 21.6 Å². The molecular formula is C20H31N3O5S2. The number of likely N-dealkylation sites (N-methyl/N-ethyl adjacent to an activating group) is 1. The number of carbonyl (C=O) groups is 1. The lowest BCUT2D eigenvalue weighted by molar-refractivity contribution is -0.137. The zero-order valence-electron chi connectivity index (χ0n) is 17.6. The Labute approximate surface area is 179 Å². The van der Waals surface area contributed by atoms with Gasteiger partial charge in [-0.05, 0) is 25.8 Å². The lowest BCUT2D eigenvalue weighted by Crippen LogP contribution is -2.54. The summed E-state index contributed by atoms with van der Waals surface area (Å²) in [5.74, 6) is -0.335. The molecule has 8 nitrogen and oxygen atoms in total. The summed E-state index contributed by atoms with van der Waals surface area (Å²) < 4.78 is 50.7. The third kappa shape index (κ3) is 4.87. The number of sulfonamides is 1. The summed E-state index contributed by atoms with van der Waals surface area (Å²) in [6, 6.07) is 9.11. The fraction of sp³-hybridized carbons (Fsp3) is 0.650. The Balaban J connectivity index is 1.75. The molecule has 2 heterocycles. The van der Waals surface area contributed by atoms with Crippen LogP contribution in [0.2, 0.25) is 0 Å². The van der Waals surface area contributed by atoms with E-state index in [9.17, 15) is 21.6 Å². The molecular weight excluding hydrogens is 426 g/mol. The van der Waals surface area contributed by atoms with Crippen LogP contribution < -0.4 is 0 Å². The molecule has 1 amide bonds. The van der Waals surface area contributed by atoms with Crippen LogP contribution in [-0.4, -0.2) is 92.9 Å². The Kier molecular flexibility index (Phi) is 7.21. The second-order valence-corrected chi connectivity index (χ2v) is 12.3. The highest BCUT2D eigenvalue weighted by Gasteiger charge is 2.42. The lowest BCUT2D eigenvalue weighted by Gasteiger charge is -2.40. The normalized spacial score (nSPS) is 23.9. The fourth-order valence-electron chi connectivity index (χ4n) is 4.28. The van der Waals surface area contributed by atoms with Gasteiger partial charge in [-0.25, -0.2) is 16.8 Å². The molecule has 2 aliphatic heterocycles. The SMILES string of the molecule is CCN(CC)C(=O)[C@@H](c1ccccc1)N1CCN(S(=O)(=O)[C@@H]2CCS(=O)(=O)C2)CC1. The molecule has 0 N–H and O–H groups in total. The first kappa shape index (κ1) is 23.2. The molecule has 168 valence electrons. The molecule has 0 unspecified atom stereocenters. The highest BCUT2D eigenvalue weighted by atomic mass is 32.2. The minimum Gasteiger partial charge on any atom is -0.342 e. The molecule has 1 aromatic rings. The van der Waals surface area contributed by atoms with Gasteiger partial charge < -0.3 is 4.90 Å². The predicted molar refractivity (Wildman–Crippen MR) is 116 cm³/mol. The van der Waals surface area contributed by atoms with Crippen LogP contribution in [0.1, 0.15) is 31.9 Å². The fourth-order valence-corrected chi connectivity index (χ4v) is 8.79. The third-order valence-electron chi connectivity index (χ3n) is 6.03.